The van der Waals surface area contributed by atoms with Crippen LogP contribution in [0.25, 0.3) is 0 Å². The van der Waals surface area contributed by atoms with Gasteiger partial charge in [0, 0.05) is 12.6 Å². The molecule has 4 aliphatic rings. The molecule has 0 aliphatic heterocycles. The highest BCUT2D eigenvalue weighted by Crippen LogP contribution is 2.61. The van der Waals surface area contributed by atoms with Crippen molar-refractivity contribution in [2.24, 2.45) is 23.2 Å². The lowest BCUT2D eigenvalue weighted by Crippen LogP contribution is -2.54. The van der Waals surface area contributed by atoms with E-state index in [1.54, 1.807) is 0 Å². The Kier molecular flexibility index (Phi) is 5.62. The molecule has 150 valence electrons. The lowest BCUT2D eigenvalue weighted by Gasteiger charge is -2.59. The molecule has 4 bridgehead atoms. The summed E-state index contributed by atoms with van der Waals surface area (Å²) in [6, 6.07) is 4.65. The molecule has 0 spiro atoms. The van der Waals surface area contributed by atoms with Gasteiger partial charge in [-0.2, -0.15) is 0 Å². The van der Waals surface area contributed by atoms with E-state index < -0.39 is 0 Å². The lowest BCUT2D eigenvalue weighted by molar-refractivity contribution is -0.0706. The van der Waals surface area contributed by atoms with Gasteiger partial charge < -0.3 is 14.8 Å². The third kappa shape index (κ3) is 3.82. The molecule has 0 aromatic heterocycles. The van der Waals surface area contributed by atoms with Crippen LogP contribution in [0.4, 0.5) is 0 Å². The van der Waals surface area contributed by atoms with Crippen molar-refractivity contribution in [1.82, 2.24) is 5.32 Å². The minimum absolute atomic E-state index is 0.520. The Morgan fingerprint density at radius 3 is 2.19 bits per heavy atom. The zero-order chi connectivity index (χ0) is 19.0. The van der Waals surface area contributed by atoms with Gasteiger partial charge >= 0.3 is 0 Å². The average Bonchev–Trinajstić information content (AvgIpc) is 2.61. The second-order valence-electron chi connectivity index (χ2n) is 9.15. The minimum Gasteiger partial charge on any atom is -0.490 e. The largest absolute Gasteiger partial charge is 0.490 e. The number of nitrogens with one attached hydrogen (secondary N) is 1. The van der Waals surface area contributed by atoms with Gasteiger partial charge in [0.05, 0.1) is 18.2 Å². The van der Waals surface area contributed by atoms with Gasteiger partial charge in [-0.3, -0.25) is 0 Å². The molecule has 3 nitrogen and oxygen atoms in total. The molecular weight excluding hydrogens is 358 g/mol. The fourth-order valence-electron chi connectivity index (χ4n) is 6.47. The van der Waals surface area contributed by atoms with Crippen LogP contribution < -0.4 is 14.8 Å². The highest BCUT2D eigenvalue weighted by Gasteiger charge is 2.52. The van der Waals surface area contributed by atoms with Crippen LogP contribution in [0.3, 0.4) is 0 Å². The van der Waals surface area contributed by atoms with Crippen molar-refractivity contribution in [3.63, 3.8) is 0 Å². The van der Waals surface area contributed by atoms with Crippen molar-refractivity contribution in [2.75, 3.05) is 13.2 Å². The molecule has 0 radical (unpaired) electrons. The molecule has 0 unspecified atom stereocenters. The summed E-state index contributed by atoms with van der Waals surface area (Å²) < 4.78 is 11.5. The fraction of sp³-hybridized carbons (Fsp3) is 0.739. The summed E-state index contributed by atoms with van der Waals surface area (Å²) in [5.74, 6) is 4.39. The van der Waals surface area contributed by atoms with Gasteiger partial charge in [-0.05, 0) is 100 Å². The molecule has 4 saturated carbocycles. The number of rotatable bonds is 8. The van der Waals surface area contributed by atoms with Crippen molar-refractivity contribution in [2.45, 2.75) is 71.9 Å². The van der Waals surface area contributed by atoms with Crippen molar-refractivity contribution < 1.29 is 9.47 Å². The average molecular weight is 392 g/mol. The summed E-state index contributed by atoms with van der Waals surface area (Å²) >= 11 is 6.49. The Morgan fingerprint density at radius 2 is 1.63 bits per heavy atom. The third-order valence-corrected chi connectivity index (χ3v) is 7.56. The Bertz CT molecular complexity index is 639. The molecule has 1 aromatic carbocycles. The summed E-state index contributed by atoms with van der Waals surface area (Å²) in [4.78, 5) is 0. The zero-order valence-corrected chi connectivity index (χ0v) is 17.8. The van der Waals surface area contributed by atoms with E-state index in [0.717, 1.165) is 30.0 Å². The normalized spacial score (nSPS) is 32.5. The quantitative estimate of drug-likeness (QED) is 0.604. The molecule has 5 rings (SSSR count). The maximum atomic E-state index is 6.49. The molecule has 0 amide bonds. The Morgan fingerprint density at radius 1 is 1.04 bits per heavy atom. The van der Waals surface area contributed by atoms with Crippen LogP contribution in [-0.4, -0.2) is 19.3 Å². The maximum Gasteiger partial charge on any atom is 0.179 e. The number of hydrogen-bond acceptors (Lipinski definition) is 3. The summed E-state index contributed by atoms with van der Waals surface area (Å²) in [5, 5.41) is 4.49. The topological polar surface area (TPSA) is 30.5 Å². The Hall–Kier alpha value is -0.930. The van der Waals surface area contributed by atoms with Crippen molar-refractivity contribution in [3.05, 3.63) is 22.7 Å². The number of halogens is 1. The summed E-state index contributed by atoms with van der Waals surface area (Å²) in [6.07, 6.45) is 8.79. The summed E-state index contributed by atoms with van der Waals surface area (Å²) in [5.41, 5.74) is 1.69. The van der Waals surface area contributed by atoms with E-state index in [0.29, 0.717) is 35.4 Å². The molecule has 1 aromatic rings. The second-order valence-corrected chi connectivity index (χ2v) is 9.56. The van der Waals surface area contributed by atoms with E-state index in [4.69, 9.17) is 21.1 Å². The highest BCUT2D eigenvalue weighted by molar-refractivity contribution is 6.32. The van der Waals surface area contributed by atoms with Crippen LogP contribution in [0.15, 0.2) is 12.1 Å². The van der Waals surface area contributed by atoms with Crippen LogP contribution in [0.5, 0.6) is 11.5 Å². The predicted molar refractivity (Wildman–Crippen MR) is 111 cm³/mol. The van der Waals surface area contributed by atoms with Gasteiger partial charge in [0.1, 0.15) is 0 Å². The number of hydrogen-bond donors (Lipinski definition) is 1. The highest BCUT2D eigenvalue weighted by atomic mass is 35.5. The standard InChI is InChI=1S/C23H34ClNO2/c1-4-26-21-10-19(9-20(24)22(21)27-5-2)14-25-15(3)23-11-16-6-17(12-23)8-18(7-16)13-23/h9-10,15-18,25H,4-8,11-14H2,1-3H3/t15-,16?,17?,18?,23?/m1/s1. The molecule has 0 saturated heterocycles. The monoisotopic (exact) mass is 391 g/mol. The maximum absolute atomic E-state index is 6.49. The van der Waals surface area contributed by atoms with Gasteiger partial charge in [-0.25, -0.2) is 0 Å². The molecule has 4 fully saturated rings. The van der Waals surface area contributed by atoms with Gasteiger partial charge in [0.2, 0.25) is 0 Å². The van der Waals surface area contributed by atoms with Gasteiger partial charge in [-0.1, -0.05) is 11.6 Å². The van der Waals surface area contributed by atoms with E-state index in [1.165, 1.54) is 44.1 Å². The Balaban J connectivity index is 1.45. The van der Waals surface area contributed by atoms with Gasteiger partial charge in [-0.15, -0.1) is 0 Å². The van der Waals surface area contributed by atoms with Crippen molar-refractivity contribution in [1.29, 1.82) is 0 Å². The van der Waals surface area contributed by atoms with E-state index in [2.05, 4.69) is 18.3 Å². The molecule has 0 heterocycles. The molecule has 4 heteroatoms. The smallest absolute Gasteiger partial charge is 0.179 e. The van der Waals surface area contributed by atoms with Crippen molar-refractivity contribution >= 4 is 11.6 Å². The zero-order valence-electron chi connectivity index (χ0n) is 17.0. The first-order chi connectivity index (χ1) is 13.0. The minimum atomic E-state index is 0.520. The summed E-state index contributed by atoms with van der Waals surface area (Å²) in [6.45, 7) is 8.39. The first kappa shape index (κ1) is 19.4. The number of benzene rings is 1. The fourth-order valence-corrected chi connectivity index (χ4v) is 6.75. The van der Waals surface area contributed by atoms with Crippen LogP contribution in [0.2, 0.25) is 5.02 Å². The Labute approximate surface area is 169 Å². The first-order valence-electron chi connectivity index (χ1n) is 10.8. The van der Waals surface area contributed by atoms with Crippen LogP contribution >= 0.6 is 11.6 Å². The molecular formula is C23H34ClNO2. The second kappa shape index (κ2) is 7.83. The first-order valence-corrected chi connectivity index (χ1v) is 11.2. The van der Waals surface area contributed by atoms with Crippen LogP contribution in [0.1, 0.15) is 64.9 Å². The van der Waals surface area contributed by atoms with E-state index >= 15 is 0 Å². The SMILES string of the molecule is CCOc1cc(CN[C@H](C)C23CC4CC(CC(C4)C2)C3)cc(Cl)c1OCC. The summed E-state index contributed by atoms with van der Waals surface area (Å²) in [7, 11) is 0. The van der Waals surface area contributed by atoms with Crippen LogP contribution in [-0.2, 0) is 6.54 Å². The van der Waals surface area contributed by atoms with Crippen molar-refractivity contribution in [3.8, 4) is 11.5 Å². The van der Waals surface area contributed by atoms with E-state index in [1.807, 2.05) is 19.9 Å². The molecule has 27 heavy (non-hydrogen) atoms. The van der Waals surface area contributed by atoms with E-state index in [-0.39, 0.29) is 0 Å². The molecule has 1 N–H and O–H groups in total. The van der Waals surface area contributed by atoms with E-state index in [9.17, 15) is 0 Å². The third-order valence-electron chi connectivity index (χ3n) is 7.27. The van der Waals surface area contributed by atoms with Crippen LogP contribution in [0, 0.1) is 23.2 Å². The lowest BCUT2D eigenvalue weighted by atomic mass is 9.48. The predicted octanol–water partition coefficient (Wildman–Crippen LogP) is 5.83. The van der Waals surface area contributed by atoms with Gasteiger partial charge in [0.25, 0.3) is 0 Å². The molecule has 4 aliphatic carbocycles. The molecule has 1 atom stereocenters. The van der Waals surface area contributed by atoms with Gasteiger partial charge in [0.15, 0.2) is 11.5 Å². The number of ether oxygens (including phenoxy) is 2.